The van der Waals surface area contributed by atoms with Gasteiger partial charge in [-0.2, -0.15) is 0 Å². The molecule has 0 saturated heterocycles. The van der Waals surface area contributed by atoms with Crippen LogP contribution in [-0.4, -0.2) is 10.9 Å². The number of carbonyl (C=O) groups excluding carboxylic acids is 1. The number of hydrogen-bond acceptors (Lipinski definition) is 3. The molecule has 1 aromatic heterocycles. The van der Waals surface area contributed by atoms with Gasteiger partial charge in [-0.1, -0.05) is 23.7 Å². The monoisotopic (exact) mass is 292 g/mol. The Morgan fingerprint density at radius 3 is 2.68 bits per heavy atom. The Hall–Kier alpha value is -1.39. The molecule has 1 heterocycles. The molecule has 1 unspecified atom stereocenters. The Morgan fingerprint density at radius 2 is 2.11 bits per heavy atom. The summed E-state index contributed by atoms with van der Waals surface area (Å²) >= 11 is 7.33. The first-order valence-electron chi connectivity index (χ1n) is 6.18. The number of amides is 1. The van der Waals surface area contributed by atoms with Gasteiger partial charge in [-0.25, -0.2) is 4.98 Å². The number of benzene rings is 1. The smallest absolute Gasteiger partial charge is 0.271 e. The van der Waals surface area contributed by atoms with Gasteiger partial charge >= 0.3 is 0 Å². The van der Waals surface area contributed by atoms with Gasteiger partial charge in [0.15, 0.2) is 0 Å². The SMILES string of the molecule is O=C(NC(c1ccc(Cl)cc1)C1CC1)c1cscn1. The van der Waals surface area contributed by atoms with E-state index in [9.17, 15) is 4.79 Å². The van der Waals surface area contributed by atoms with Gasteiger partial charge in [0.2, 0.25) is 0 Å². The molecule has 3 nitrogen and oxygen atoms in total. The highest BCUT2D eigenvalue weighted by atomic mass is 35.5. The van der Waals surface area contributed by atoms with Crippen molar-refractivity contribution >= 4 is 28.8 Å². The number of halogens is 1. The van der Waals surface area contributed by atoms with Crippen molar-refractivity contribution in [2.45, 2.75) is 18.9 Å². The Labute approximate surface area is 120 Å². The van der Waals surface area contributed by atoms with E-state index in [-0.39, 0.29) is 11.9 Å². The number of rotatable bonds is 4. The van der Waals surface area contributed by atoms with E-state index in [0.29, 0.717) is 16.6 Å². The zero-order valence-corrected chi connectivity index (χ0v) is 11.7. The van der Waals surface area contributed by atoms with Gasteiger partial charge < -0.3 is 5.32 Å². The third kappa shape index (κ3) is 2.96. The summed E-state index contributed by atoms with van der Waals surface area (Å²) in [4.78, 5) is 16.1. The van der Waals surface area contributed by atoms with Gasteiger partial charge in [0.25, 0.3) is 5.91 Å². The highest BCUT2D eigenvalue weighted by Gasteiger charge is 2.33. The van der Waals surface area contributed by atoms with Crippen LogP contribution in [0.1, 0.15) is 34.9 Å². The Bertz CT molecular complexity index is 564. The Kier molecular flexibility index (Phi) is 3.53. The van der Waals surface area contributed by atoms with Crippen molar-refractivity contribution in [2.75, 3.05) is 0 Å². The van der Waals surface area contributed by atoms with Crippen LogP contribution in [0.3, 0.4) is 0 Å². The van der Waals surface area contributed by atoms with Crippen LogP contribution in [0.4, 0.5) is 0 Å². The number of hydrogen-bond donors (Lipinski definition) is 1. The minimum Gasteiger partial charge on any atom is -0.344 e. The molecular weight excluding hydrogens is 280 g/mol. The third-order valence-electron chi connectivity index (χ3n) is 3.27. The van der Waals surface area contributed by atoms with Crippen molar-refractivity contribution in [3.63, 3.8) is 0 Å². The van der Waals surface area contributed by atoms with E-state index in [1.54, 1.807) is 10.9 Å². The number of thiazole rings is 1. The number of aromatic nitrogens is 1. The second kappa shape index (κ2) is 5.31. The molecule has 1 aliphatic carbocycles. The van der Waals surface area contributed by atoms with Gasteiger partial charge in [-0.05, 0) is 36.5 Å². The molecule has 1 amide bonds. The van der Waals surface area contributed by atoms with Crippen molar-refractivity contribution in [3.05, 3.63) is 51.4 Å². The summed E-state index contributed by atoms with van der Waals surface area (Å²) in [5.41, 5.74) is 3.27. The summed E-state index contributed by atoms with van der Waals surface area (Å²) in [7, 11) is 0. The molecule has 5 heteroatoms. The lowest BCUT2D eigenvalue weighted by molar-refractivity contribution is 0.0927. The van der Waals surface area contributed by atoms with E-state index in [0.717, 1.165) is 18.4 Å². The topological polar surface area (TPSA) is 42.0 Å². The van der Waals surface area contributed by atoms with Crippen LogP contribution >= 0.6 is 22.9 Å². The fourth-order valence-electron chi connectivity index (χ4n) is 2.11. The maximum Gasteiger partial charge on any atom is 0.271 e. The van der Waals surface area contributed by atoms with E-state index in [4.69, 9.17) is 11.6 Å². The van der Waals surface area contributed by atoms with E-state index < -0.39 is 0 Å². The first kappa shape index (κ1) is 12.6. The summed E-state index contributed by atoms with van der Waals surface area (Å²) in [6, 6.07) is 7.74. The highest BCUT2D eigenvalue weighted by molar-refractivity contribution is 7.07. The molecule has 1 fully saturated rings. The summed E-state index contributed by atoms with van der Waals surface area (Å²) in [5, 5.41) is 5.56. The molecule has 19 heavy (non-hydrogen) atoms. The van der Waals surface area contributed by atoms with Crippen molar-refractivity contribution in [2.24, 2.45) is 5.92 Å². The fraction of sp³-hybridized carbons (Fsp3) is 0.286. The summed E-state index contributed by atoms with van der Waals surface area (Å²) in [6.45, 7) is 0. The van der Waals surface area contributed by atoms with Crippen molar-refractivity contribution in [1.29, 1.82) is 0 Å². The average Bonchev–Trinajstić information content (AvgIpc) is 3.10. The summed E-state index contributed by atoms with van der Waals surface area (Å²) < 4.78 is 0. The molecule has 1 saturated carbocycles. The predicted molar refractivity (Wildman–Crippen MR) is 76.5 cm³/mol. The quantitative estimate of drug-likeness (QED) is 0.934. The number of nitrogens with one attached hydrogen (secondary N) is 1. The first-order chi connectivity index (χ1) is 9.24. The molecule has 1 aromatic carbocycles. The minimum absolute atomic E-state index is 0.0615. The number of carbonyl (C=O) groups is 1. The lowest BCUT2D eigenvalue weighted by Gasteiger charge is -2.18. The van der Waals surface area contributed by atoms with Crippen molar-refractivity contribution in [1.82, 2.24) is 10.3 Å². The zero-order valence-electron chi connectivity index (χ0n) is 10.2. The lowest BCUT2D eigenvalue weighted by Crippen LogP contribution is -2.30. The second-order valence-corrected chi connectivity index (χ2v) is 5.87. The molecule has 1 atom stereocenters. The maximum absolute atomic E-state index is 12.1. The summed E-state index contributed by atoms with van der Waals surface area (Å²) in [5.74, 6) is 0.428. The second-order valence-electron chi connectivity index (χ2n) is 4.71. The molecule has 1 aliphatic rings. The van der Waals surface area contributed by atoms with Crippen LogP contribution < -0.4 is 5.32 Å². The molecule has 98 valence electrons. The lowest BCUT2D eigenvalue weighted by atomic mass is 10.0. The molecular formula is C14H13ClN2OS. The van der Waals surface area contributed by atoms with Gasteiger partial charge in [0, 0.05) is 10.4 Å². The minimum atomic E-state index is -0.104. The average molecular weight is 293 g/mol. The Balaban J connectivity index is 1.78. The first-order valence-corrected chi connectivity index (χ1v) is 7.50. The van der Waals surface area contributed by atoms with Gasteiger partial charge in [0.05, 0.1) is 11.6 Å². The molecule has 3 rings (SSSR count). The molecule has 1 N–H and O–H groups in total. The van der Waals surface area contributed by atoms with Gasteiger partial charge in [0.1, 0.15) is 5.69 Å². The maximum atomic E-state index is 12.1. The van der Waals surface area contributed by atoms with E-state index in [1.165, 1.54) is 11.3 Å². The van der Waals surface area contributed by atoms with Gasteiger partial charge in [-0.3, -0.25) is 4.79 Å². The highest BCUT2D eigenvalue weighted by Crippen LogP contribution is 2.41. The number of nitrogens with zero attached hydrogens (tertiary/aromatic N) is 1. The van der Waals surface area contributed by atoms with E-state index >= 15 is 0 Å². The van der Waals surface area contributed by atoms with Crippen molar-refractivity contribution < 1.29 is 4.79 Å². The Morgan fingerprint density at radius 1 is 1.37 bits per heavy atom. The van der Waals surface area contributed by atoms with Crippen LogP contribution in [0.25, 0.3) is 0 Å². The molecule has 0 spiro atoms. The summed E-state index contributed by atoms with van der Waals surface area (Å²) in [6.07, 6.45) is 2.31. The van der Waals surface area contributed by atoms with E-state index in [1.807, 2.05) is 24.3 Å². The fourth-order valence-corrected chi connectivity index (χ4v) is 2.77. The van der Waals surface area contributed by atoms with Crippen molar-refractivity contribution in [3.8, 4) is 0 Å². The standard InChI is InChI=1S/C14H13ClN2OS/c15-11-5-3-10(4-6-11)13(9-1-2-9)17-14(18)12-7-19-8-16-12/h3-9,13H,1-2H2,(H,17,18). The van der Waals surface area contributed by atoms with Gasteiger partial charge in [-0.15, -0.1) is 11.3 Å². The molecule has 0 bridgehead atoms. The third-order valence-corrected chi connectivity index (χ3v) is 4.11. The molecule has 0 radical (unpaired) electrons. The van der Waals surface area contributed by atoms with Crippen LogP contribution in [0.2, 0.25) is 5.02 Å². The van der Waals surface area contributed by atoms with Crippen LogP contribution in [0.5, 0.6) is 0 Å². The molecule has 2 aromatic rings. The van der Waals surface area contributed by atoms with Crippen LogP contribution in [-0.2, 0) is 0 Å². The zero-order chi connectivity index (χ0) is 13.2. The normalized spacial score (nSPS) is 16.1. The molecule has 0 aliphatic heterocycles. The largest absolute Gasteiger partial charge is 0.344 e. The van der Waals surface area contributed by atoms with E-state index in [2.05, 4.69) is 10.3 Å². The van der Waals surface area contributed by atoms with Crippen LogP contribution in [0, 0.1) is 5.92 Å². The predicted octanol–water partition coefficient (Wildman–Crippen LogP) is 3.68. The van der Waals surface area contributed by atoms with Crippen LogP contribution in [0.15, 0.2) is 35.2 Å².